The highest BCUT2D eigenvalue weighted by molar-refractivity contribution is 5.94. The maximum Gasteiger partial charge on any atom is 0.222 e. The van der Waals surface area contributed by atoms with Gasteiger partial charge in [-0.25, -0.2) is 0 Å². The molecule has 0 aromatic carbocycles. The largest absolute Gasteiger partial charge is 0.359 e. The van der Waals surface area contributed by atoms with E-state index in [1.165, 1.54) is 7.05 Å². The second-order valence-corrected chi connectivity index (χ2v) is 34.0. The fraction of sp³-hybridized carbons (Fsp3) is 0.814. The minimum atomic E-state index is -0.708. The highest BCUT2D eigenvalue weighted by atomic mass is 16.2. The van der Waals surface area contributed by atoms with Crippen LogP contribution in [0, 0.1) is 71.0 Å². The summed E-state index contributed by atoms with van der Waals surface area (Å²) in [4.78, 5) is 185. The summed E-state index contributed by atoms with van der Waals surface area (Å²) in [7, 11) is 3.31. The lowest BCUT2D eigenvalue weighted by molar-refractivity contribution is -0.131. The molecule has 112 heavy (non-hydrogen) atoms. The van der Waals surface area contributed by atoms with Crippen LogP contribution in [0.2, 0.25) is 0 Å². The first-order chi connectivity index (χ1) is 51.5. The zero-order valence-electron chi connectivity index (χ0n) is 74.1. The van der Waals surface area contributed by atoms with E-state index in [1.54, 1.807) is 7.05 Å². The van der Waals surface area contributed by atoms with Crippen LogP contribution in [0.1, 0.15) is 315 Å². The average Bonchev–Trinajstić information content (AvgIpc) is 0.913. The van der Waals surface area contributed by atoms with Gasteiger partial charge in [-0.2, -0.15) is 0 Å². The number of carbonyl (C=O) groups excluding carboxylic acids is 16. The number of carbonyl (C=O) groups is 16. The molecule has 26 heteroatoms. The summed E-state index contributed by atoms with van der Waals surface area (Å²) >= 11 is 0. The van der Waals surface area contributed by atoms with Crippen molar-refractivity contribution in [1.29, 1.82) is 0 Å². The van der Waals surface area contributed by atoms with Gasteiger partial charge in [0.2, 0.25) is 53.2 Å². The Labute approximate surface area is 678 Å². The zero-order chi connectivity index (χ0) is 86.9. The van der Waals surface area contributed by atoms with Gasteiger partial charge in [0.15, 0.2) is 34.7 Å². The lowest BCUT2D eigenvalue weighted by Crippen LogP contribution is -2.46. The molecule has 10 N–H and O–H groups in total. The van der Waals surface area contributed by atoms with E-state index in [1.807, 2.05) is 125 Å². The third-order valence-electron chi connectivity index (χ3n) is 15.7. The van der Waals surface area contributed by atoms with Gasteiger partial charge in [-0.05, 0) is 110 Å². The van der Waals surface area contributed by atoms with Crippen molar-refractivity contribution in [3.05, 3.63) is 0 Å². The van der Waals surface area contributed by atoms with Gasteiger partial charge >= 0.3 is 0 Å². The molecule has 0 aliphatic carbocycles. The lowest BCUT2D eigenvalue weighted by Gasteiger charge is -2.18. The van der Waals surface area contributed by atoms with Crippen LogP contribution in [0.4, 0.5) is 0 Å². The van der Waals surface area contributed by atoms with E-state index < -0.39 is 6.04 Å². The Morgan fingerprint density at radius 2 is 0.491 bits per heavy atom. The molecule has 0 bridgehead atoms. The highest BCUT2D eigenvalue weighted by Gasteiger charge is 2.25. The van der Waals surface area contributed by atoms with E-state index in [0.717, 1.165) is 32.1 Å². The number of ketones is 7. The minimum Gasteiger partial charge on any atom is -0.359 e. The second-order valence-electron chi connectivity index (χ2n) is 34.0. The van der Waals surface area contributed by atoms with Crippen LogP contribution in [0.3, 0.4) is 0 Å². The molecule has 0 aliphatic heterocycles. The number of Topliss-reactive ketones (excluding diaryl/α,β-unsaturated/α-hetero) is 7. The molecule has 0 saturated heterocycles. The Hall–Kier alpha value is -7.12. The van der Waals surface area contributed by atoms with Gasteiger partial charge in [0, 0.05) is 129 Å². The summed E-state index contributed by atoms with van der Waals surface area (Å²) in [6, 6.07) is -1.10. The van der Waals surface area contributed by atoms with Gasteiger partial charge < -0.3 is 53.2 Å². The van der Waals surface area contributed by atoms with Crippen molar-refractivity contribution < 1.29 is 76.7 Å². The van der Waals surface area contributed by atoms with E-state index in [4.69, 9.17) is 0 Å². The quantitative estimate of drug-likeness (QED) is 0.0270. The molecule has 0 aromatic heterocycles. The van der Waals surface area contributed by atoms with Crippen molar-refractivity contribution >= 4 is 93.6 Å². The first-order valence-electron chi connectivity index (χ1n) is 41.1. The number of nitrogens with one attached hydrogen (secondary N) is 10. The summed E-state index contributed by atoms with van der Waals surface area (Å²) in [5.41, 5.74) is 0. The summed E-state index contributed by atoms with van der Waals surface area (Å²) in [5.74, 6) is 3.65. The van der Waals surface area contributed by atoms with Crippen LogP contribution < -0.4 is 53.2 Å². The molecule has 0 radical (unpaired) electrons. The predicted octanol–water partition coefficient (Wildman–Crippen LogP) is 11.6. The van der Waals surface area contributed by atoms with Crippen LogP contribution >= 0.6 is 0 Å². The zero-order valence-corrected chi connectivity index (χ0v) is 74.1. The van der Waals surface area contributed by atoms with E-state index in [-0.39, 0.29) is 183 Å². The Bertz CT molecular complexity index is 2670. The summed E-state index contributed by atoms with van der Waals surface area (Å²) in [6.45, 7) is 50.1. The molecule has 26 nitrogen and oxygen atoms in total. The van der Waals surface area contributed by atoms with Crippen LogP contribution in [0.5, 0.6) is 0 Å². The molecular formula is C86H164N10O16. The fourth-order valence-electron chi connectivity index (χ4n) is 9.17. The van der Waals surface area contributed by atoms with Crippen LogP contribution in [0.25, 0.3) is 0 Å². The van der Waals surface area contributed by atoms with Gasteiger partial charge in [0.25, 0.3) is 0 Å². The van der Waals surface area contributed by atoms with Crippen molar-refractivity contribution in [3.8, 4) is 0 Å². The topological polar surface area (TPSA) is 393 Å². The van der Waals surface area contributed by atoms with E-state index in [2.05, 4.69) is 94.7 Å². The number of likely N-dealkylation sites (N-methyl/N-ethyl adjacent to an activating group) is 1. The van der Waals surface area contributed by atoms with Gasteiger partial charge in [-0.3, -0.25) is 76.7 Å². The molecule has 9 amide bonds. The molecule has 0 fully saturated rings. The van der Waals surface area contributed by atoms with Crippen LogP contribution in [0.15, 0.2) is 0 Å². The van der Waals surface area contributed by atoms with Crippen molar-refractivity contribution in [2.24, 2.45) is 71.0 Å². The highest BCUT2D eigenvalue weighted by Crippen LogP contribution is 2.12. The van der Waals surface area contributed by atoms with Gasteiger partial charge in [0.05, 0.1) is 44.7 Å². The number of amides is 9. The Kier molecular flexibility index (Phi) is 78.1. The molecule has 0 saturated carbocycles. The number of rotatable bonds is 54. The maximum absolute atomic E-state index is 12.1. The third-order valence-corrected chi connectivity index (χ3v) is 15.7. The van der Waals surface area contributed by atoms with Crippen LogP contribution in [-0.2, 0) is 76.7 Å². The van der Waals surface area contributed by atoms with Gasteiger partial charge in [-0.1, -0.05) is 174 Å². The molecule has 2 unspecified atom stereocenters. The summed E-state index contributed by atoms with van der Waals surface area (Å²) in [6.07, 6.45) is 10.5. The van der Waals surface area contributed by atoms with Gasteiger partial charge in [-0.15, -0.1) is 0 Å². The smallest absolute Gasteiger partial charge is 0.222 e. The normalized spacial score (nSPS) is 11.3. The predicted molar refractivity (Wildman–Crippen MR) is 451 cm³/mol. The number of hydrogen-bond donors (Lipinski definition) is 10. The van der Waals surface area contributed by atoms with Crippen molar-refractivity contribution in [2.75, 3.05) is 59.9 Å². The molecule has 654 valence electrons. The molecule has 0 aromatic rings. The first kappa shape index (κ1) is 118. The first-order valence-corrected chi connectivity index (χ1v) is 41.1. The van der Waals surface area contributed by atoms with Crippen LogP contribution in [-0.4, -0.2) is 166 Å². The number of hydrogen-bond acceptors (Lipinski definition) is 17. The molecule has 2 atom stereocenters. The van der Waals surface area contributed by atoms with E-state index in [0.29, 0.717) is 150 Å². The maximum atomic E-state index is 12.1. The SMILES string of the molecule is C.CC(C)CCC(=O)CCNC(=O)CC(C)C.CC(C)CCC(=O)CNC(=O)CC(C)C.CC(C)CCC(=O)CNC(=O)CCC(=O)CNC(=O)CC(C)C.CC(C)CNC(=O)CCC(=O)CNC(=O)CC(C)C.CNC(=O)CC(NC(=O)CC(C)C)C(=O)CCC(C)C.CNCC(NC(=O)CC(C)C)C(=O)CCC(C)C. The summed E-state index contributed by atoms with van der Waals surface area (Å²) < 4.78 is 0. The van der Waals surface area contributed by atoms with E-state index >= 15 is 0 Å². The van der Waals surface area contributed by atoms with Crippen molar-refractivity contribution in [3.63, 3.8) is 0 Å². The molecule has 0 rings (SSSR count). The van der Waals surface area contributed by atoms with Crippen molar-refractivity contribution in [1.82, 2.24) is 53.2 Å². The molecule has 0 heterocycles. The standard InChI is InChI=1S/C17H30N2O4.C15H28N2O3.C14H26N2O3.C14H28N2O2.C13H25NO2.C12H23NO2.CH4/c1-12(2)5-6-14(20)10-18-16(22)8-7-15(21)11-19-17(23)9-13(3)4;1-10(2)6-7-13(18)12(9-14(19)16-5)17-15(20)8-11(3)4;1-10(2)7-14(19)16-9-12(17)5-6-13(18)15-8-11(3)4;1-10(2)6-7-13(17)12(9-15-5)16-14(18)8-11(3)4;1-10(2)5-6-12(15)7-8-14-13(16)9-11(3)4;1-9(2)5-6-11(14)8-13-12(15)7-10(3)4;/h12-13H,5-11H2,1-4H3,(H,18,22)(H,19,23);10-12H,6-9H2,1-5H3,(H,16,19)(H,17,20);10-11H,5-9H2,1-4H3,(H,15,18)(H,16,19);10-12,15H,6-9H2,1-5H3,(H,16,18);10-11H,5-9H2,1-4H3,(H,14,16);9-10H,5-8H2,1-4H3,(H,13,15);1H4. The fourth-order valence-corrected chi connectivity index (χ4v) is 9.17. The van der Waals surface area contributed by atoms with E-state index in [9.17, 15) is 76.7 Å². The monoisotopic (exact) mass is 1590 g/mol. The Morgan fingerprint density at radius 1 is 0.223 bits per heavy atom. The minimum absolute atomic E-state index is 0. The third kappa shape index (κ3) is 91.8. The molecule has 0 spiro atoms. The lowest BCUT2D eigenvalue weighted by atomic mass is 9.99. The summed E-state index contributed by atoms with van der Waals surface area (Å²) in [5, 5.41) is 26.8. The average molecular weight is 1590 g/mol. The van der Waals surface area contributed by atoms with Gasteiger partial charge in [0.1, 0.15) is 5.78 Å². The molecular weight excluding hydrogens is 1430 g/mol. The molecule has 0 aliphatic rings. The Morgan fingerprint density at radius 3 is 0.795 bits per heavy atom. The van der Waals surface area contributed by atoms with Crippen molar-refractivity contribution in [2.45, 2.75) is 327 Å². The second kappa shape index (κ2) is 74.0. The Balaban J connectivity index is -0.000000237.